The fourth-order valence-electron chi connectivity index (χ4n) is 1.71. The highest BCUT2D eigenvalue weighted by molar-refractivity contribution is 5.92. The van der Waals surface area contributed by atoms with Gasteiger partial charge in [-0.15, -0.1) is 0 Å². The smallest absolute Gasteiger partial charge is 0.248 e. The lowest BCUT2D eigenvalue weighted by Gasteiger charge is -2.10. The zero-order chi connectivity index (χ0) is 15.6. The van der Waals surface area contributed by atoms with Gasteiger partial charge < -0.3 is 11.1 Å². The van der Waals surface area contributed by atoms with E-state index in [-0.39, 0.29) is 23.4 Å². The van der Waals surface area contributed by atoms with Crippen LogP contribution in [0.15, 0.2) is 30.3 Å². The average molecular weight is 298 g/mol. The number of hydrogen-bond donors (Lipinski definition) is 2. The number of rotatable bonds is 4. The van der Waals surface area contributed by atoms with Crippen molar-refractivity contribution in [1.82, 2.24) is 0 Å². The third-order valence-electron chi connectivity index (χ3n) is 2.81. The number of amides is 1. The van der Waals surface area contributed by atoms with Gasteiger partial charge in [-0.2, -0.15) is 0 Å². The maximum absolute atomic E-state index is 13.6. The summed E-state index contributed by atoms with van der Waals surface area (Å²) in [6.07, 6.45) is 0. The van der Waals surface area contributed by atoms with Crippen molar-refractivity contribution in [2.75, 3.05) is 5.32 Å². The maximum atomic E-state index is 13.6. The Balaban J connectivity index is 2.22. The van der Waals surface area contributed by atoms with Crippen LogP contribution in [0.1, 0.15) is 15.9 Å². The summed E-state index contributed by atoms with van der Waals surface area (Å²) in [5.41, 5.74) is 4.87. The van der Waals surface area contributed by atoms with Crippen molar-refractivity contribution < 1.29 is 22.4 Å². The minimum atomic E-state index is -1.32. The van der Waals surface area contributed by atoms with Gasteiger partial charge in [0, 0.05) is 29.8 Å². The topological polar surface area (TPSA) is 55.1 Å². The van der Waals surface area contributed by atoms with Crippen molar-refractivity contribution in [2.24, 2.45) is 5.73 Å². The molecule has 0 atom stereocenters. The number of hydrogen-bond acceptors (Lipinski definition) is 2. The van der Waals surface area contributed by atoms with Crippen LogP contribution in [0.5, 0.6) is 0 Å². The first kappa shape index (κ1) is 14.8. The first-order valence-corrected chi connectivity index (χ1v) is 5.85. The molecule has 7 heteroatoms. The fraction of sp³-hybridized carbons (Fsp3) is 0.0714. The van der Waals surface area contributed by atoms with Crippen LogP contribution in [-0.4, -0.2) is 5.91 Å². The second kappa shape index (κ2) is 5.82. The number of primary amides is 1. The predicted octanol–water partition coefficient (Wildman–Crippen LogP) is 2.95. The molecule has 0 aliphatic rings. The van der Waals surface area contributed by atoms with Gasteiger partial charge in [-0.1, -0.05) is 0 Å². The summed E-state index contributed by atoms with van der Waals surface area (Å²) < 4.78 is 52.8. The van der Waals surface area contributed by atoms with Gasteiger partial charge in [0.1, 0.15) is 11.6 Å². The molecular weight excluding hydrogens is 288 g/mol. The molecule has 0 saturated carbocycles. The molecule has 0 aliphatic carbocycles. The third kappa shape index (κ3) is 3.31. The van der Waals surface area contributed by atoms with Crippen LogP contribution in [0.25, 0.3) is 0 Å². The Bertz CT molecular complexity index is 704. The monoisotopic (exact) mass is 298 g/mol. The number of halogens is 4. The number of benzene rings is 2. The normalized spacial score (nSPS) is 10.5. The Morgan fingerprint density at radius 2 is 1.62 bits per heavy atom. The molecule has 0 fully saturated rings. The highest BCUT2D eigenvalue weighted by atomic mass is 19.2. The summed E-state index contributed by atoms with van der Waals surface area (Å²) in [5.74, 6) is -4.95. The lowest BCUT2D eigenvalue weighted by Crippen LogP contribution is -2.12. The molecule has 0 radical (unpaired) electrons. The van der Waals surface area contributed by atoms with Crippen LogP contribution in [0, 0.1) is 23.3 Å². The van der Waals surface area contributed by atoms with Gasteiger partial charge in [0.15, 0.2) is 11.6 Å². The summed E-state index contributed by atoms with van der Waals surface area (Å²) in [6, 6.07) is 4.45. The summed E-state index contributed by atoms with van der Waals surface area (Å²) in [6.45, 7) is -0.227. The van der Waals surface area contributed by atoms with E-state index in [1.54, 1.807) is 0 Å². The summed E-state index contributed by atoms with van der Waals surface area (Å²) in [4.78, 5) is 11.0. The molecule has 21 heavy (non-hydrogen) atoms. The van der Waals surface area contributed by atoms with Crippen LogP contribution >= 0.6 is 0 Å². The van der Waals surface area contributed by atoms with Crippen molar-refractivity contribution in [2.45, 2.75) is 6.54 Å². The molecule has 2 aromatic rings. The zero-order valence-corrected chi connectivity index (χ0v) is 10.6. The first-order chi connectivity index (χ1) is 9.88. The van der Waals surface area contributed by atoms with Crippen LogP contribution in [0.2, 0.25) is 0 Å². The summed E-state index contributed by atoms with van der Waals surface area (Å²) >= 11 is 0. The molecule has 1 amide bonds. The standard InChI is InChI=1S/C14H10F4N2O/c15-9-2-1-7(14(19)21)3-8(9)6-20-13-5-11(17)10(16)4-12(13)18/h1-5,20H,6H2,(H2,19,21). The average Bonchev–Trinajstić information content (AvgIpc) is 2.42. The van der Waals surface area contributed by atoms with E-state index in [0.717, 1.165) is 6.07 Å². The molecule has 3 nitrogen and oxygen atoms in total. The van der Waals surface area contributed by atoms with Crippen LogP contribution in [0.4, 0.5) is 23.2 Å². The largest absolute Gasteiger partial charge is 0.378 e. The highest BCUT2D eigenvalue weighted by Crippen LogP contribution is 2.20. The quantitative estimate of drug-likeness (QED) is 0.673. The number of anilines is 1. The second-order valence-electron chi connectivity index (χ2n) is 4.27. The van der Waals surface area contributed by atoms with Crippen molar-refractivity contribution in [3.05, 3.63) is 64.7 Å². The molecule has 0 spiro atoms. The Kier molecular flexibility index (Phi) is 4.11. The van der Waals surface area contributed by atoms with Gasteiger partial charge in [0.05, 0.1) is 5.69 Å². The van der Waals surface area contributed by atoms with Crippen molar-refractivity contribution >= 4 is 11.6 Å². The minimum Gasteiger partial charge on any atom is -0.378 e. The van der Waals surface area contributed by atoms with Crippen LogP contribution < -0.4 is 11.1 Å². The van der Waals surface area contributed by atoms with E-state index in [4.69, 9.17) is 5.73 Å². The van der Waals surface area contributed by atoms with E-state index in [2.05, 4.69) is 5.32 Å². The summed E-state index contributed by atoms with van der Waals surface area (Å²) in [5, 5.41) is 2.43. The van der Waals surface area contributed by atoms with E-state index in [1.807, 2.05) is 0 Å². The Morgan fingerprint density at radius 3 is 2.29 bits per heavy atom. The Labute approximate surface area is 117 Å². The number of nitrogens with one attached hydrogen (secondary N) is 1. The molecule has 0 bridgehead atoms. The first-order valence-electron chi connectivity index (χ1n) is 5.85. The number of nitrogens with two attached hydrogens (primary N) is 1. The van der Waals surface area contributed by atoms with Crippen LogP contribution in [0.3, 0.4) is 0 Å². The summed E-state index contributed by atoms with van der Waals surface area (Å²) in [7, 11) is 0. The minimum absolute atomic E-state index is 0.0374. The molecule has 0 unspecified atom stereocenters. The molecule has 2 rings (SSSR count). The molecule has 0 heterocycles. The molecule has 0 saturated heterocycles. The lowest BCUT2D eigenvalue weighted by molar-refractivity contribution is 0.1000. The van der Waals surface area contributed by atoms with E-state index in [9.17, 15) is 22.4 Å². The number of carbonyl (C=O) groups excluding carboxylic acids is 1. The van der Waals surface area contributed by atoms with Gasteiger partial charge in [-0.25, -0.2) is 17.6 Å². The number of carbonyl (C=O) groups is 1. The van der Waals surface area contributed by atoms with Gasteiger partial charge in [0.25, 0.3) is 0 Å². The van der Waals surface area contributed by atoms with E-state index >= 15 is 0 Å². The van der Waals surface area contributed by atoms with E-state index in [1.165, 1.54) is 12.1 Å². The molecule has 0 aliphatic heterocycles. The second-order valence-corrected chi connectivity index (χ2v) is 4.27. The SMILES string of the molecule is NC(=O)c1ccc(F)c(CNc2cc(F)c(F)cc2F)c1. The van der Waals surface area contributed by atoms with Crippen LogP contribution in [-0.2, 0) is 6.54 Å². The predicted molar refractivity (Wildman–Crippen MR) is 68.6 cm³/mol. The maximum Gasteiger partial charge on any atom is 0.248 e. The van der Waals surface area contributed by atoms with Gasteiger partial charge >= 0.3 is 0 Å². The lowest BCUT2D eigenvalue weighted by atomic mass is 10.1. The van der Waals surface area contributed by atoms with Gasteiger partial charge in [-0.05, 0) is 18.2 Å². The molecule has 3 N–H and O–H groups in total. The zero-order valence-electron chi connectivity index (χ0n) is 10.6. The molecule has 2 aromatic carbocycles. The highest BCUT2D eigenvalue weighted by Gasteiger charge is 2.11. The fourth-order valence-corrected chi connectivity index (χ4v) is 1.71. The van der Waals surface area contributed by atoms with Crippen molar-refractivity contribution in [3.63, 3.8) is 0 Å². The van der Waals surface area contributed by atoms with Crippen molar-refractivity contribution in [1.29, 1.82) is 0 Å². The molecular formula is C14H10F4N2O. The Morgan fingerprint density at radius 1 is 0.952 bits per heavy atom. The van der Waals surface area contributed by atoms with E-state index in [0.29, 0.717) is 12.1 Å². The Hall–Kier alpha value is -2.57. The van der Waals surface area contributed by atoms with Crippen molar-refractivity contribution in [3.8, 4) is 0 Å². The third-order valence-corrected chi connectivity index (χ3v) is 2.81. The van der Waals surface area contributed by atoms with E-state index < -0.39 is 29.2 Å². The molecule has 0 aromatic heterocycles. The van der Waals surface area contributed by atoms with Gasteiger partial charge in [-0.3, -0.25) is 4.79 Å². The van der Waals surface area contributed by atoms with Gasteiger partial charge in [0.2, 0.25) is 5.91 Å². The molecule has 110 valence electrons.